The number of non-ortho nitro benzene ring substituents is 1. The van der Waals surface area contributed by atoms with Crippen LogP contribution in [0.2, 0.25) is 0 Å². The third kappa shape index (κ3) is 7.26. The molecule has 2 atom stereocenters. The lowest BCUT2D eigenvalue weighted by Gasteiger charge is -2.22. The van der Waals surface area contributed by atoms with E-state index < -0.39 is 17.1 Å². The summed E-state index contributed by atoms with van der Waals surface area (Å²) >= 11 is 1.56. The fourth-order valence-corrected chi connectivity index (χ4v) is 4.19. The Morgan fingerprint density at radius 3 is 2.45 bits per heavy atom. The summed E-state index contributed by atoms with van der Waals surface area (Å²) in [7, 11) is 0. The molecule has 0 fully saturated rings. The Balaban J connectivity index is 1.77. The molecule has 0 saturated heterocycles. The van der Waals surface area contributed by atoms with Crippen molar-refractivity contribution >= 4 is 23.1 Å². The number of benzene rings is 2. The van der Waals surface area contributed by atoms with Crippen LogP contribution in [0.4, 0.5) is 10.5 Å². The Kier molecular flexibility index (Phi) is 8.73. The number of amides is 1. The summed E-state index contributed by atoms with van der Waals surface area (Å²) in [5, 5.41) is 19.7. The van der Waals surface area contributed by atoms with Gasteiger partial charge in [0.25, 0.3) is 5.69 Å². The van der Waals surface area contributed by atoms with E-state index in [0.717, 1.165) is 28.2 Å². The van der Waals surface area contributed by atoms with Gasteiger partial charge in [0.2, 0.25) is 0 Å². The SMILES string of the molecule is CCc1nc([C@H](Cc2ccc([N+](=O)[O-])cc2)NC[C@H](Cc2ccccc2)OC(=O)N=O)cs1. The van der Waals surface area contributed by atoms with Crippen LogP contribution in [0.5, 0.6) is 0 Å². The number of carbonyl (C=O) groups excluding carboxylic acids is 1. The molecule has 0 saturated carbocycles. The van der Waals surface area contributed by atoms with E-state index in [4.69, 9.17) is 4.74 Å². The maximum Gasteiger partial charge on any atom is 0.470 e. The molecule has 3 aromatic rings. The molecule has 1 aromatic heterocycles. The lowest BCUT2D eigenvalue weighted by Crippen LogP contribution is -2.35. The monoisotopic (exact) mass is 468 g/mol. The van der Waals surface area contributed by atoms with E-state index in [9.17, 15) is 19.8 Å². The Morgan fingerprint density at radius 1 is 1.15 bits per heavy atom. The molecule has 0 aliphatic rings. The van der Waals surface area contributed by atoms with Crippen LogP contribution in [0.15, 0.2) is 65.2 Å². The molecule has 0 spiro atoms. The molecule has 172 valence electrons. The zero-order chi connectivity index (χ0) is 23.6. The first kappa shape index (κ1) is 24.1. The normalized spacial score (nSPS) is 12.6. The van der Waals surface area contributed by atoms with Gasteiger partial charge in [0.1, 0.15) is 6.10 Å². The van der Waals surface area contributed by atoms with Crippen molar-refractivity contribution in [2.45, 2.75) is 38.3 Å². The van der Waals surface area contributed by atoms with E-state index >= 15 is 0 Å². The molecule has 33 heavy (non-hydrogen) atoms. The van der Waals surface area contributed by atoms with Crippen LogP contribution in [0.25, 0.3) is 0 Å². The molecule has 0 aliphatic carbocycles. The second-order valence-corrected chi connectivity index (χ2v) is 8.34. The van der Waals surface area contributed by atoms with E-state index in [1.807, 2.05) is 42.6 Å². The average molecular weight is 469 g/mol. The van der Waals surface area contributed by atoms with Crippen molar-refractivity contribution in [3.63, 3.8) is 0 Å². The smallest absolute Gasteiger partial charge is 0.441 e. The van der Waals surface area contributed by atoms with Crippen LogP contribution in [0.3, 0.4) is 0 Å². The van der Waals surface area contributed by atoms with Crippen LogP contribution >= 0.6 is 11.3 Å². The second kappa shape index (κ2) is 11.9. The molecule has 0 radical (unpaired) electrons. The van der Waals surface area contributed by atoms with Crippen molar-refractivity contribution in [2.24, 2.45) is 5.18 Å². The van der Waals surface area contributed by atoms with Gasteiger partial charge in [-0.3, -0.25) is 10.1 Å². The van der Waals surface area contributed by atoms with Crippen molar-refractivity contribution in [1.82, 2.24) is 10.3 Å². The zero-order valence-electron chi connectivity index (χ0n) is 18.0. The van der Waals surface area contributed by atoms with E-state index in [-0.39, 0.29) is 18.3 Å². The minimum Gasteiger partial charge on any atom is -0.441 e. The Morgan fingerprint density at radius 2 is 1.85 bits per heavy atom. The summed E-state index contributed by atoms with van der Waals surface area (Å²) in [6.45, 7) is 2.30. The predicted molar refractivity (Wildman–Crippen MR) is 125 cm³/mol. The van der Waals surface area contributed by atoms with Gasteiger partial charge in [0, 0.05) is 30.5 Å². The summed E-state index contributed by atoms with van der Waals surface area (Å²) in [5.74, 6) is 0. The van der Waals surface area contributed by atoms with Gasteiger partial charge < -0.3 is 10.1 Å². The first-order valence-electron chi connectivity index (χ1n) is 10.5. The number of ether oxygens (including phenoxy) is 1. The van der Waals surface area contributed by atoms with Crippen molar-refractivity contribution < 1.29 is 14.5 Å². The van der Waals surface area contributed by atoms with E-state index in [0.29, 0.717) is 12.8 Å². The van der Waals surface area contributed by atoms with Gasteiger partial charge in [-0.2, -0.15) is 0 Å². The van der Waals surface area contributed by atoms with Crippen LogP contribution in [-0.2, 0) is 24.0 Å². The number of nitro benzene ring substituents is 1. The van der Waals surface area contributed by atoms with Crippen molar-refractivity contribution in [2.75, 3.05) is 6.54 Å². The highest BCUT2D eigenvalue weighted by Gasteiger charge is 2.21. The number of hydrogen-bond donors (Lipinski definition) is 1. The summed E-state index contributed by atoms with van der Waals surface area (Å²) in [4.78, 5) is 37.3. The van der Waals surface area contributed by atoms with Crippen LogP contribution in [0, 0.1) is 15.0 Å². The van der Waals surface area contributed by atoms with E-state index in [1.54, 1.807) is 23.5 Å². The molecule has 0 aliphatic heterocycles. The second-order valence-electron chi connectivity index (χ2n) is 7.39. The fourth-order valence-electron chi connectivity index (χ4n) is 3.39. The van der Waals surface area contributed by atoms with Crippen LogP contribution < -0.4 is 5.32 Å². The minimum absolute atomic E-state index is 0.0291. The van der Waals surface area contributed by atoms with Crippen molar-refractivity contribution in [3.8, 4) is 0 Å². The molecule has 1 amide bonds. The Hall–Kier alpha value is -3.50. The molecule has 9 nitrogen and oxygen atoms in total. The third-order valence-corrected chi connectivity index (χ3v) is 6.07. The highest BCUT2D eigenvalue weighted by atomic mass is 32.1. The van der Waals surface area contributed by atoms with Gasteiger partial charge in [0.15, 0.2) is 0 Å². The summed E-state index contributed by atoms with van der Waals surface area (Å²) in [6.07, 6.45) is -0.0130. The average Bonchev–Trinajstić information content (AvgIpc) is 3.31. The topological polar surface area (TPSA) is 124 Å². The molecule has 10 heteroatoms. The van der Waals surface area contributed by atoms with Crippen molar-refractivity contribution in [3.05, 3.63) is 96.8 Å². The highest BCUT2D eigenvalue weighted by Crippen LogP contribution is 2.23. The minimum atomic E-state index is -1.16. The third-order valence-electron chi connectivity index (χ3n) is 5.06. The van der Waals surface area contributed by atoms with Gasteiger partial charge in [0.05, 0.1) is 26.8 Å². The number of thiazole rings is 1. The van der Waals surface area contributed by atoms with Crippen LogP contribution in [-0.4, -0.2) is 28.6 Å². The summed E-state index contributed by atoms with van der Waals surface area (Å²) < 4.78 is 5.24. The zero-order valence-corrected chi connectivity index (χ0v) is 18.9. The first-order chi connectivity index (χ1) is 16.0. The fraction of sp³-hybridized carbons (Fsp3) is 0.304. The standard InChI is InChI=1S/C23H24N4O5S/c1-2-22-25-21(15-33-22)20(13-17-8-10-18(11-9-17)27(30)31)24-14-19(32-23(28)26-29)12-16-6-4-3-5-7-16/h3-11,15,19-20,24H,2,12-14H2,1H3/t19-,20-/m0/s1. The maximum absolute atomic E-state index is 11.6. The number of nitrogens with one attached hydrogen (secondary N) is 1. The lowest BCUT2D eigenvalue weighted by molar-refractivity contribution is -0.384. The molecule has 1 heterocycles. The molecule has 2 aromatic carbocycles. The molecular formula is C23H24N4O5S. The van der Waals surface area contributed by atoms with Crippen LogP contribution in [0.1, 0.15) is 34.8 Å². The predicted octanol–water partition coefficient (Wildman–Crippen LogP) is 5.00. The number of nitro groups is 1. The van der Waals surface area contributed by atoms with Crippen molar-refractivity contribution in [1.29, 1.82) is 0 Å². The van der Waals surface area contributed by atoms with E-state index in [1.165, 1.54) is 12.1 Å². The first-order valence-corrected chi connectivity index (χ1v) is 11.3. The lowest BCUT2D eigenvalue weighted by atomic mass is 10.0. The summed E-state index contributed by atoms with van der Waals surface area (Å²) in [5.41, 5.74) is 2.72. The Labute approximate surface area is 194 Å². The van der Waals surface area contributed by atoms with E-state index in [2.05, 4.69) is 15.5 Å². The molecule has 3 rings (SSSR count). The summed E-state index contributed by atoms with van der Waals surface area (Å²) in [6, 6.07) is 15.7. The Bertz CT molecular complexity index is 1070. The highest BCUT2D eigenvalue weighted by molar-refractivity contribution is 7.09. The molecule has 0 unspecified atom stereocenters. The number of carbonyl (C=O) groups is 1. The quantitative estimate of drug-likeness (QED) is 0.238. The maximum atomic E-state index is 11.6. The van der Waals surface area contributed by atoms with Gasteiger partial charge >= 0.3 is 6.09 Å². The number of hydrogen-bond acceptors (Lipinski definition) is 8. The van der Waals surface area contributed by atoms with Gasteiger partial charge in [-0.15, -0.1) is 16.2 Å². The number of nitroso groups, excluding NO2 is 1. The molecule has 1 N–H and O–H groups in total. The molecular weight excluding hydrogens is 444 g/mol. The van der Waals surface area contributed by atoms with Gasteiger partial charge in [-0.05, 0) is 24.0 Å². The number of nitrogens with zero attached hydrogens (tertiary/aromatic N) is 3. The number of aromatic nitrogens is 1. The number of rotatable bonds is 11. The molecule has 0 bridgehead atoms. The van der Waals surface area contributed by atoms with Gasteiger partial charge in [-0.1, -0.05) is 49.4 Å². The number of aryl methyl sites for hydroxylation is 1. The van der Waals surface area contributed by atoms with Gasteiger partial charge in [-0.25, -0.2) is 9.78 Å². The largest absolute Gasteiger partial charge is 0.470 e.